The number of amides is 1. The zero-order valence-electron chi connectivity index (χ0n) is 14.3. The number of nitrogens with one attached hydrogen (secondary N) is 1. The summed E-state index contributed by atoms with van der Waals surface area (Å²) >= 11 is 0. The molecule has 0 saturated heterocycles. The van der Waals surface area contributed by atoms with Gasteiger partial charge in [0.2, 0.25) is 0 Å². The molecule has 0 aliphatic rings. The molecular weight excluding hydrogens is 302 g/mol. The van der Waals surface area contributed by atoms with Crippen molar-refractivity contribution >= 4 is 5.91 Å². The summed E-state index contributed by atoms with van der Waals surface area (Å²) in [5, 5.41) is 12.1. The van der Waals surface area contributed by atoms with Gasteiger partial charge in [0.15, 0.2) is 6.61 Å². The third kappa shape index (κ3) is 5.39. The lowest BCUT2D eigenvalue weighted by Gasteiger charge is -2.17. The third-order valence-electron chi connectivity index (χ3n) is 3.98. The van der Waals surface area contributed by atoms with E-state index in [4.69, 9.17) is 4.74 Å². The predicted molar refractivity (Wildman–Crippen MR) is 95.3 cm³/mol. The zero-order valence-corrected chi connectivity index (χ0v) is 14.3. The first-order chi connectivity index (χ1) is 11.6. The number of carbonyl (C=O) groups is 1. The Bertz CT molecular complexity index is 655. The molecule has 0 aliphatic carbocycles. The van der Waals surface area contributed by atoms with Crippen molar-refractivity contribution in [3.63, 3.8) is 0 Å². The van der Waals surface area contributed by atoms with E-state index >= 15 is 0 Å². The van der Waals surface area contributed by atoms with Crippen LogP contribution in [0.25, 0.3) is 0 Å². The molecular formula is C20H25NO3. The Labute approximate surface area is 143 Å². The first-order valence-electron chi connectivity index (χ1n) is 8.22. The van der Waals surface area contributed by atoms with Crippen molar-refractivity contribution in [3.05, 3.63) is 65.2 Å². The van der Waals surface area contributed by atoms with Gasteiger partial charge in [-0.25, -0.2) is 0 Å². The summed E-state index contributed by atoms with van der Waals surface area (Å²) in [5.41, 5.74) is 3.30. The normalized spacial score (nSPS) is 11.8. The summed E-state index contributed by atoms with van der Waals surface area (Å²) in [4.78, 5) is 12.0. The number of aliphatic hydroxyl groups excluding tert-OH is 1. The molecule has 4 nitrogen and oxygen atoms in total. The topological polar surface area (TPSA) is 58.6 Å². The third-order valence-corrected chi connectivity index (χ3v) is 3.98. The maximum atomic E-state index is 12.0. The minimum atomic E-state index is -0.158. The van der Waals surface area contributed by atoms with E-state index in [1.807, 2.05) is 62.4 Å². The second-order valence-corrected chi connectivity index (χ2v) is 5.98. The largest absolute Gasteiger partial charge is 0.484 e. The van der Waals surface area contributed by atoms with Gasteiger partial charge in [-0.1, -0.05) is 48.0 Å². The lowest BCUT2D eigenvalue weighted by molar-refractivity contribution is -0.123. The first kappa shape index (κ1) is 18.0. The molecule has 0 bridgehead atoms. The van der Waals surface area contributed by atoms with Gasteiger partial charge in [0.25, 0.3) is 5.91 Å². The summed E-state index contributed by atoms with van der Waals surface area (Å²) in [6, 6.07) is 15.8. The highest BCUT2D eigenvalue weighted by Gasteiger charge is 2.13. The van der Waals surface area contributed by atoms with E-state index in [1.54, 1.807) is 0 Å². The molecule has 0 aliphatic heterocycles. The van der Waals surface area contributed by atoms with Gasteiger partial charge < -0.3 is 15.2 Å². The van der Waals surface area contributed by atoms with Gasteiger partial charge in [-0.3, -0.25) is 4.79 Å². The molecule has 128 valence electrons. The fourth-order valence-corrected chi connectivity index (χ4v) is 2.66. The maximum Gasteiger partial charge on any atom is 0.257 e. The van der Waals surface area contributed by atoms with Crippen molar-refractivity contribution in [2.45, 2.75) is 26.2 Å². The maximum absolute atomic E-state index is 12.0. The number of rotatable bonds is 8. The highest BCUT2D eigenvalue weighted by Crippen LogP contribution is 2.19. The number of hydrogen-bond acceptors (Lipinski definition) is 3. The van der Waals surface area contributed by atoms with Crippen LogP contribution < -0.4 is 10.1 Å². The van der Waals surface area contributed by atoms with E-state index in [9.17, 15) is 9.90 Å². The van der Waals surface area contributed by atoms with Crippen LogP contribution in [0.5, 0.6) is 5.75 Å². The molecule has 0 heterocycles. The number of aliphatic hydroxyl groups is 1. The Kier molecular flexibility index (Phi) is 6.82. The molecule has 1 unspecified atom stereocenters. The second kappa shape index (κ2) is 9.08. The standard InChI is InChI=1S/C20H25NO3/c1-15-8-9-19(16(2)12-15)24-14-20(23)21-13-18(10-11-22)17-6-4-3-5-7-17/h3-9,12,18,22H,10-11,13-14H2,1-2H3,(H,21,23). The summed E-state index contributed by atoms with van der Waals surface area (Å²) in [6.45, 7) is 4.56. The molecule has 4 heteroatoms. The molecule has 0 saturated carbocycles. The zero-order chi connectivity index (χ0) is 17.4. The van der Waals surface area contributed by atoms with Crippen molar-refractivity contribution in [2.75, 3.05) is 19.8 Å². The van der Waals surface area contributed by atoms with Crippen molar-refractivity contribution in [1.82, 2.24) is 5.32 Å². The molecule has 0 fully saturated rings. The van der Waals surface area contributed by atoms with E-state index in [-0.39, 0.29) is 25.0 Å². The Morgan fingerprint density at radius 1 is 1.17 bits per heavy atom. The van der Waals surface area contributed by atoms with Crippen molar-refractivity contribution in [2.24, 2.45) is 0 Å². The highest BCUT2D eigenvalue weighted by atomic mass is 16.5. The molecule has 2 aromatic rings. The Hall–Kier alpha value is -2.33. The molecule has 0 aromatic heterocycles. The summed E-state index contributed by atoms with van der Waals surface area (Å²) < 4.78 is 5.59. The first-order valence-corrected chi connectivity index (χ1v) is 8.22. The minimum Gasteiger partial charge on any atom is -0.484 e. The van der Waals surface area contributed by atoms with Crippen LogP contribution in [0.4, 0.5) is 0 Å². The van der Waals surface area contributed by atoms with Gasteiger partial charge in [-0.15, -0.1) is 0 Å². The van der Waals surface area contributed by atoms with Crippen molar-refractivity contribution in [1.29, 1.82) is 0 Å². The van der Waals surface area contributed by atoms with Gasteiger partial charge in [-0.05, 0) is 37.5 Å². The summed E-state index contributed by atoms with van der Waals surface area (Å²) in [6.07, 6.45) is 0.613. The Balaban J connectivity index is 1.85. The fraction of sp³-hybridized carbons (Fsp3) is 0.350. The molecule has 1 amide bonds. The van der Waals surface area contributed by atoms with Crippen LogP contribution in [-0.2, 0) is 4.79 Å². The van der Waals surface area contributed by atoms with E-state index in [2.05, 4.69) is 5.32 Å². The fourth-order valence-electron chi connectivity index (χ4n) is 2.66. The summed E-state index contributed by atoms with van der Waals surface area (Å²) in [7, 11) is 0. The second-order valence-electron chi connectivity index (χ2n) is 5.98. The monoisotopic (exact) mass is 327 g/mol. The molecule has 2 rings (SSSR count). The minimum absolute atomic E-state index is 0.00939. The molecule has 1 atom stereocenters. The van der Waals surface area contributed by atoms with Crippen LogP contribution in [0.15, 0.2) is 48.5 Å². The van der Waals surface area contributed by atoms with Crippen LogP contribution in [-0.4, -0.2) is 30.8 Å². The van der Waals surface area contributed by atoms with Crippen LogP contribution in [0.1, 0.15) is 29.0 Å². The van der Waals surface area contributed by atoms with Gasteiger partial charge in [0, 0.05) is 19.1 Å². The van der Waals surface area contributed by atoms with Crippen LogP contribution in [0.2, 0.25) is 0 Å². The molecule has 2 aromatic carbocycles. The van der Waals surface area contributed by atoms with Gasteiger partial charge in [0.05, 0.1) is 0 Å². The van der Waals surface area contributed by atoms with E-state index in [0.717, 1.165) is 16.9 Å². The lowest BCUT2D eigenvalue weighted by Crippen LogP contribution is -2.32. The highest BCUT2D eigenvalue weighted by molar-refractivity contribution is 5.77. The van der Waals surface area contributed by atoms with E-state index < -0.39 is 0 Å². The molecule has 0 spiro atoms. The van der Waals surface area contributed by atoms with Crippen LogP contribution >= 0.6 is 0 Å². The molecule has 24 heavy (non-hydrogen) atoms. The number of carbonyl (C=O) groups excluding carboxylic acids is 1. The Morgan fingerprint density at radius 3 is 2.58 bits per heavy atom. The predicted octanol–water partition coefficient (Wildman–Crippen LogP) is 2.96. The van der Waals surface area contributed by atoms with Gasteiger partial charge in [0.1, 0.15) is 5.75 Å². The number of ether oxygens (including phenoxy) is 1. The van der Waals surface area contributed by atoms with E-state index in [0.29, 0.717) is 13.0 Å². The molecule has 2 N–H and O–H groups in total. The SMILES string of the molecule is Cc1ccc(OCC(=O)NCC(CCO)c2ccccc2)c(C)c1. The van der Waals surface area contributed by atoms with Gasteiger partial charge in [-0.2, -0.15) is 0 Å². The quantitative estimate of drug-likeness (QED) is 0.784. The van der Waals surface area contributed by atoms with Crippen molar-refractivity contribution in [3.8, 4) is 5.75 Å². The number of aryl methyl sites for hydroxylation is 2. The Morgan fingerprint density at radius 2 is 1.92 bits per heavy atom. The smallest absolute Gasteiger partial charge is 0.257 e. The van der Waals surface area contributed by atoms with Gasteiger partial charge >= 0.3 is 0 Å². The number of benzene rings is 2. The lowest BCUT2D eigenvalue weighted by atomic mass is 9.96. The average Bonchev–Trinajstić information content (AvgIpc) is 2.58. The van der Waals surface area contributed by atoms with Crippen LogP contribution in [0, 0.1) is 13.8 Å². The molecule has 0 radical (unpaired) electrons. The summed E-state index contributed by atoms with van der Waals surface area (Å²) in [5.74, 6) is 0.667. The van der Waals surface area contributed by atoms with Crippen LogP contribution in [0.3, 0.4) is 0 Å². The van der Waals surface area contributed by atoms with Crippen molar-refractivity contribution < 1.29 is 14.6 Å². The average molecular weight is 327 g/mol. The number of hydrogen-bond donors (Lipinski definition) is 2. The van der Waals surface area contributed by atoms with E-state index in [1.165, 1.54) is 5.56 Å².